The fraction of sp³-hybridized carbons (Fsp3) is 0.0704. The second-order valence-electron chi connectivity index (χ2n) is 20.3. The van der Waals surface area contributed by atoms with Gasteiger partial charge in [-0.05, 0) is 131 Å². The van der Waals surface area contributed by atoms with Crippen LogP contribution in [0.15, 0.2) is 273 Å². The molecule has 0 heterocycles. The molecule has 0 saturated heterocycles. The van der Waals surface area contributed by atoms with Gasteiger partial charge in [0.1, 0.15) is 0 Å². The largest absolute Gasteiger partial charge is 0.310 e. The monoisotopic (exact) mass is 917 g/mol. The van der Waals surface area contributed by atoms with Crippen LogP contribution in [0, 0.1) is 0 Å². The van der Waals surface area contributed by atoms with Crippen molar-refractivity contribution in [2.24, 2.45) is 0 Å². The Bertz CT molecular complexity index is 3870. The fourth-order valence-corrected chi connectivity index (χ4v) is 13.4. The average molecular weight is 918 g/mol. The molecule has 1 nitrogen and oxygen atoms in total. The Kier molecular flexibility index (Phi) is 9.44. The fourth-order valence-electron chi connectivity index (χ4n) is 13.4. The Morgan fingerprint density at radius 1 is 0.264 bits per heavy atom. The Hall–Kier alpha value is -8.78. The van der Waals surface area contributed by atoms with Crippen LogP contribution in [0.3, 0.4) is 0 Å². The molecule has 0 bridgehead atoms. The van der Waals surface area contributed by atoms with Crippen LogP contribution in [0.5, 0.6) is 0 Å². The highest BCUT2D eigenvalue weighted by Gasteiger charge is 2.57. The van der Waals surface area contributed by atoms with E-state index in [1.165, 1.54) is 100 Å². The maximum atomic E-state index is 2.50. The van der Waals surface area contributed by atoms with Crippen molar-refractivity contribution >= 4 is 17.1 Å². The zero-order valence-electron chi connectivity index (χ0n) is 40.4. The summed E-state index contributed by atoms with van der Waals surface area (Å²) in [6.45, 7) is 4.75. The van der Waals surface area contributed by atoms with Crippen molar-refractivity contribution in [1.29, 1.82) is 0 Å². The van der Waals surface area contributed by atoms with E-state index in [-0.39, 0.29) is 5.41 Å². The maximum Gasteiger partial charge on any atom is 0.0720 e. The maximum absolute atomic E-state index is 2.50. The van der Waals surface area contributed by atoms with E-state index in [2.05, 4.69) is 292 Å². The van der Waals surface area contributed by atoms with Crippen molar-refractivity contribution in [2.45, 2.75) is 30.1 Å². The van der Waals surface area contributed by atoms with E-state index in [0.29, 0.717) is 0 Å². The van der Waals surface area contributed by atoms with Crippen molar-refractivity contribution in [3.8, 4) is 44.5 Å². The number of benzene rings is 11. The number of nitrogens with zero attached hydrogens (tertiary/aromatic N) is 1. The molecule has 1 heteroatoms. The normalized spacial score (nSPS) is 17.2. The molecule has 2 unspecified atom stereocenters. The zero-order chi connectivity index (χ0) is 48.0. The van der Waals surface area contributed by atoms with Gasteiger partial charge in [0.05, 0.1) is 16.5 Å². The predicted molar refractivity (Wildman–Crippen MR) is 299 cm³/mol. The summed E-state index contributed by atoms with van der Waals surface area (Å²) in [7, 11) is 0. The highest BCUT2D eigenvalue weighted by Crippen LogP contribution is 2.66. The number of rotatable bonds is 8. The van der Waals surface area contributed by atoms with Gasteiger partial charge in [0.2, 0.25) is 0 Å². The van der Waals surface area contributed by atoms with Gasteiger partial charge < -0.3 is 4.90 Å². The lowest BCUT2D eigenvalue weighted by molar-refractivity contribution is 0.626. The summed E-state index contributed by atoms with van der Waals surface area (Å²) >= 11 is 0. The van der Waals surface area contributed by atoms with Gasteiger partial charge in [-0.2, -0.15) is 0 Å². The van der Waals surface area contributed by atoms with E-state index in [4.69, 9.17) is 0 Å². The Morgan fingerprint density at radius 2 is 0.736 bits per heavy atom. The molecule has 0 saturated carbocycles. The van der Waals surface area contributed by atoms with E-state index in [1.807, 2.05) is 0 Å². The van der Waals surface area contributed by atoms with Gasteiger partial charge in [-0.1, -0.05) is 250 Å². The molecule has 0 aromatic heterocycles. The lowest BCUT2D eigenvalue weighted by Gasteiger charge is -2.49. The van der Waals surface area contributed by atoms with Crippen LogP contribution >= 0.6 is 0 Å². The third-order valence-corrected chi connectivity index (χ3v) is 16.4. The third-order valence-electron chi connectivity index (χ3n) is 16.4. The molecule has 0 aliphatic heterocycles. The molecule has 0 fully saturated rings. The molecule has 0 radical (unpaired) electrons. The first-order chi connectivity index (χ1) is 35.5. The summed E-state index contributed by atoms with van der Waals surface area (Å²) < 4.78 is 0. The topological polar surface area (TPSA) is 3.24 Å². The first kappa shape index (κ1) is 42.1. The van der Waals surface area contributed by atoms with Gasteiger partial charge in [0, 0.05) is 22.4 Å². The summed E-state index contributed by atoms with van der Waals surface area (Å²) in [5.41, 5.74) is 25.1. The Labute approximate surface area is 423 Å². The van der Waals surface area contributed by atoms with Gasteiger partial charge >= 0.3 is 0 Å². The van der Waals surface area contributed by atoms with Crippen LogP contribution in [0.2, 0.25) is 0 Å². The smallest absolute Gasteiger partial charge is 0.0720 e. The summed E-state index contributed by atoms with van der Waals surface area (Å²) in [6.07, 6.45) is 0. The molecule has 14 rings (SSSR count). The van der Waals surface area contributed by atoms with Crippen LogP contribution in [-0.4, -0.2) is 0 Å². The van der Waals surface area contributed by atoms with E-state index in [0.717, 1.165) is 17.1 Å². The zero-order valence-corrected chi connectivity index (χ0v) is 40.4. The van der Waals surface area contributed by atoms with Crippen molar-refractivity contribution in [3.63, 3.8) is 0 Å². The highest BCUT2D eigenvalue weighted by molar-refractivity contribution is 5.94. The second-order valence-corrected chi connectivity index (χ2v) is 20.3. The third kappa shape index (κ3) is 5.89. The minimum atomic E-state index is -0.650. The van der Waals surface area contributed by atoms with Gasteiger partial charge in [0.15, 0.2) is 0 Å². The van der Waals surface area contributed by atoms with Crippen molar-refractivity contribution < 1.29 is 0 Å². The lowest BCUT2D eigenvalue weighted by atomic mass is 9.52. The lowest BCUT2D eigenvalue weighted by Crippen LogP contribution is -2.44. The minimum absolute atomic E-state index is 0.169. The van der Waals surface area contributed by atoms with E-state index in [1.54, 1.807) is 0 Å². The van der Waals surface area contributed by atoms with Gasteiger partial charge in [-0.25, -0.2) is 0 Å². The molecule has 11 aromatic rings. The van der Waals surface area contributed by atoms with Crippen LogP contribution in [-0.2, 0) is 16.2 Å². The van der Waals surface area contributed by atoms with E-state index in [9.17, 15) is 0 Å². The molecule has 11 aromatic carbocycles. The molecule has 3 aliphatic carbocycles. The first-order valence-electron chi connectivity index (χ1n) is 25.3. The molecule has 3 aliphatic rings. The first-order valence-corrected chi connectivity index (χ1v) is 25.3. The predicted octanol–water partition coefficient (Wildman–Crippen LogP) is 17.9. The average Bonchev–Trinajstić information content (AvgIpc) is 3.88. The number of fused-ring (bicyclic) bond motifs is 8. The van der Waals surface area contributed by atoms with Crippen LogP contribution in [0.1, 0.15) is 69.5 Å². The van der Waals surface area contributed by atoms with E-state index >= 15 is 0 Å². The van der Waals surface area contributed by atoms with Gasteiger partial charge in [0.25, 0.3) is 0 Å². The number of hydrogen-bond donors (Lipinski definition) is 0. The Balaban J connectivity index is 1.02. The second kappa shape index (κ2) is 16.1. The quantitative estimate of drug-likeness (QED) is 0.147. The summed E-state index contributed by atoms with van der Waals surface area (Å²) in [5, 5.41) is 0. The standard InChI is InChI=1S/C71H51N/c1-69(2)61-33-17-15-30-56(61)58-44-43-55(47-66(58)69)72(67-45-38-50(48-22-7-3-8-23-48)46-60(67)49-24-9-4-10-25-49)54-41-39-53(40-42-54)70(51-26-11-5-12-27-51)63-35-19-20-36-64(63)71(52-28-13-6-14-29-52)62-34-18-16-31-57(62)59-32-21-37-65(70)68(59)71/h3-47H,1-2H3. The molecule has 340 valence electrons. The molecule has 2 atom stereocenters. The minimum Gasteiger partial charge on any atom is -0.310 e. The summed E-state index contributed by atoms with van der Waals surface area (Å²) in [4.78, 5) is 2.50. The number of anilines is 3. The van der Waals surface area contributed by atoms with Gasteiger partial charge in [-0.3, -0.25) is 0 Å². The molecule has 0 spiro atoms. The highest BCUT2D eigenvalue weighted by atomic mass is 15.1. The summed E-state index contributed by atoms with van der Waals surface area (Å²) in [6, 6.07) is 102. The molecular formula is C71H51N. The van der Waals surface area contributed by atoms with Crippen LogP contribution in [0.4, 0.5) is 17.1 Å². The summed E-state index contributed by atoms with van der Waals surface area (Å²) in [5.74, 6) is 0. The van der Waals surface area contributed by atoms with Crippen LogP contribution < -0.4 is 4.90 Å². The van der Waals surface area contributed by atoms with Crippen molar-refractivity contribution in [2.75, 3.05) is 4.90 Å². The van der Waals surface area contributed by atoms with Crippen LogP contribution in [0.25, 0.3) is 44.5 Å². The molecule has 0 N–H and O–H groups in total. The van der Waals surface area contributed by atoms with Crippen molar-refractivity contribution in [1.82, 2.24) is 0 Å². The Morgan fingerprint density at radius 3 is 1.40 bits per heavy atom. The molecule has 0 amide bonds. The molecular weight excluding hydrogens is 867 g/mol. The molecule has 72 heavy (non-hydrogen) atoms. The SMILES string of the molecule is CC1(C)c2ccccc2-c2ccc(N(c3ccc(C4(c5ccccc5)c5ccccc5C5(c6ccccc6)c6ccccc6-c6cccc4c65)cc3)c3ccc(-c4ccccc4)cc3-c3ccccc3)cc21. The van der Waals surface area contributed by atoms with E-state index < -0.39 is 10.8 Å². The number of hydrogen-bond acceptors (Lipinski definition) is 1. The van der Waals surface area contributed by atoms with Gasteiger partial charge in [-0.15, -0.1) is 0 Å². The van der Waals surface area contributed by atoms with Crippen molar-refractivity contribution in [3.05, 3.63) is 329 Å².